The van der Waals surface area contributed by atoms with Crippen molar-refractivity contribution in [2.45, 2.75) is 316 Å². The van der Waals surface area contributed by atoms with Crippen LogP contribution in [0, 0.1) is 5.92 Å². The maximum absolute atomic E-state index is 12.8. The molecular formula is C55H106O6. The first-order valence-electron chi connectivity index (χ1n) is 27.4. The van der Waals surface area contributed by atoms with Gasteiger partial charge in [0.25, 0.3) is 0 Å². The van der Waals surface area contributed by atoms with Gasteiger partial charge in [0.15, 0.2) is 6.10 Å². The lowest BCUT2D eigenvalue weighted by atomic mass is 10.0. The zero-order valence-corrected chi connectivity index (χ0v) is 41.6. The van der Waals surface area contributed by atoms with Crippen molar-refractivity contribution in [2.24, 2.45) is 5.92 Å². The van der Waals surface area contributed by atoms with E-state index in [1.54, 1.807) is 0 Å². The predicted octanol–water partition coefficient (Wildman–Crippen LogP) is 17.8. The molecule has 362 valence electrons. The SMILES string of the molecule is CCCCCCCCCCCCCCCCC(=O)OC[C@@H](COC(=O)CCCCCCCCCCCC)OC(=O)CCCCCCCCCCCCCCCCCCC(C)C. The zero-order chi connectivity index (χ0) is 44.5. The second-order valence-electron chi connectivity index (χ2n) is 19.3. The maximum Gasteiger partial charge on any atom is 0.306 e. The predicted molar refractivity (Wildman–Crippen MR) is 261 cm³/mol. The van der Waals surface area contributed by atoms with Crippen LogP contribution < -0.4 is 0 Å². The van der Waals surface area contributed by atoms with E-state index in [2.05, 4.69) is 27.7 Å². The molecule has 0 unspecified atom stereocenters. The summed E-state index contributed by atoms with van der Waals surface area (Å²) in [5.41, 5.74) is 0. The Morgan fingerprint density at radius 3 is 0.803 bits per heavy atom. The third-order valence-electron chi connectivity index (χ3n) is 12.5. The van der Waals surface area contributed by atoms with Gasteiger partial charge in [0.05, 0.1) is 0 Å². The Morgan fingerprint density at radius 2 is 0.541 bits per heavy atom. The highest BCUT2D eigenvalue weighted by Gasteiger charge is 2.19. The normalized spacial score (nSPS) is 12.0. The van der Waals surface area contributed by atoms with Gasteiger partial charge in [0, 0.05) is 19.3 Å². The zero-order valence-electron chi connectivity index (χ0n) is 41.6. The molecule has 1 atom stereocenters. The minimum Gasteiger partial charge on any atom is -0.462 e. The first-order chi connectivity index (χ1) is 29.9. The first kappa shape index (κ1) is 59.4. The highest BCUT2D eigenvalue weighted by molar-refractivity contribution is 5.71. The fraction of sp³-hybridized carbons (Fsp3) is 0.945. The van der Waals surface area contributed by atoms with E-state index in [0.29, 0.717) is 19.3 Å². The molecule has 0 radical (unpaired) electrons. The Morgan fingerprint density at radius 1 is 0.311 bits per heavy atom. The Labute approximate surface area is 380 Å². The number of hydrogen-bond donors (Lipinski definition) is 0. The van der Waals surface area contributed by atoms with Crippen LogP contribution in [0.1, 0.15) is 310 Å². The van der Waals surface area contributed by atoms with Gasteiger partial charge in [0.1, 0.15) is 13.2 Å². The van der Waals surface area contributed by atoms with Gasteiger partial charge in [-0.2, -0.15) is 0 Å². The van der Waals surface area contributed by atoms with Crippen LogP contribution in [-0.4, -0.2) is 37.2 Å². The molecule has 0 aromatic carbocycles. The monoisotopic (exact) mass is 863 g/mol. The van der Waals surface area contributed by atoms with E-state index in [-0.39, 0.29) is 31.1 Å². The Balaban J connectivity index is 4.25. The van der Waals surface area contributed by atoms with Crippen molar-refractivity contribution < 1.29 is 28.6 Å². The molecule has 0 N–H and O–H groups in total. The highest BCUT2D eigenvalue weighted by atomic mass is 16.6. The van der Waals surface area contributed by atoms with Gasteiger partial charge in [-0.25, -0.2) is 0 Å². The molecule has 0 amide bonds. The molecule has 0 fully saturated rings. The largest absolute Gasteiger partial charge is 0.462 e. The molecule has 6 heteroatoms. The molecule has 0 rings (SSSR count). The summed E-state index contributed by atoms with van der Waals surface area (Å²) in [6.45, 7) is 9.04. The molecule has 0 aliphatic heterocycles. The summed E-state index contributed by atoms with van der Waals surface area (Å²) in [4.78, 5) is 38.0. The molecule has 0 heterocycles. The van der Waals surface area contributed by atoms with Crippen LogP contribution in [0.5, 0.6) is 0 Å². The summed E-state index contributed by atoms with van der Waals surface area (Å²) >= 11 is 0. The molecule has 0 saturated heterocycles. The van der Waals surface area contributed by atoms with Gasteiger partial charge in [-0.1, -0.05) is 272 Å². The highest BCUT2D eigenvalue weighted by Crippen LogP contribution is 2.17. The van der Waals surface area contributed by atoms with E-state index in [4.69, 9.17) is 14.2 Å². The van der Waals surface area contributed by atoms with E-state index in [1.807, 2.05) is 0 Å². The van der Waals surface area contributed by atoms with Crippen molar-refractivity contribution in [3.8, 4) is 0 Å². The lowest BCUT2D eigenvalue weighted by molar-refractivity contribution is -0.167. The molecule has 6 nitrogen and oxygen atoms in total. The van der Waals surface area contributed by atoms with E-state index >= 15 is 0 Å². The number of carbonyl (C=O) groups excluding carboxylic acids is 3. The van der Waals surface area contributed by atoms with Crippen LogP contribution >= 0.6 is 0 Å². The van der Waals surface area contributed by atoms with Crippen LogP contribution in [0.4, 0.5) is 0 Å². The number of unbranched alkanes of at least 4 members (excludes halogenated alkanes) is 37. The molecule has 0 aliphatic carbocycles. The summed E-state index contributed by atoms with van der Waals surface area (Å²) in [6.07, 6.45) is 52.3. The fourth-order valence-corrected chi connectivity index (χ4v) is 8.39. The average Bonchev–Trinajstić information content (AvgIpc) is 3.24. The van der Waals surface area contributed by atoms with Crippen molar-refractivity contribution in [1.82, 2.24) is 0 Å². The molecule has 0 bridgehead atoms. The van der Waals surface area contributed by atoms with Gasteiger partial charge < -0.3 is 14.2 Å². The Bertz CT molecular complexity index is 918. The second-order valence-corrected chi connectivity index (χ2v) is 19.3. The van der Waals surface area contributed by atoms with E-state index in [0.717, 1.165) is 63.7 Å². The summed E-state index contributed by atoms with van der Waals surface area (Å²) < 4.78 is 16.8. The van der Waals surface area contributed by atoms with Crippen LogP contribution in [-0.2, 0) is 28.6 Å². The van der Waals surface area contributed by atoms with Crippen LogP contribution in [0.3, 0.4) is 0 Å². The van der Waals surface area contributed by atoms with Crippen molar-refractivity contribution in [3.63, 3.8) is 0 Å². The van der Waals surface area contributed by atoms with Crippen molar-refractivity contribution >= 4 is 17.9 Å². The summed E-state index contributed by atoms with van der Waals surface area (Å²) in [5, 5.41) is 0. The van der Waals surface area contributed by atoms with Gasteiger partial charge in [-0.3, -0.25) is 14.4 Å². The molecule has 0 spiro atoms. The lowest BCUT2D eigenvalue weighted by Crippen LogP contribution is -2.30. The van der Waals surface area contributed by atoms with E-state index < -0.39 is 6.10 Å². The second kappa shape index (κ2) is 49.4. The average molecular weight is 863 g/mol. The number of carbonyl (C=O) groups is 3. The van der Waals surface area contributed by atoms with Crippen LogP contribution in [0.15, 0.2) is 0 Å². The molecule has 0 saturated carbocycles. The molecule has 0 aliphatic rings. The van der Waals surface area contributed by atoms with E-state index in [1.165, 1.54) is 205 Å². The Hall–Kier alpha value is -1.59. The minimum absolute atomic E-state index is 0.0622. The first-order valence-corrected chi connectivity index (χ1v) is 27.4. The summed E-state index contributed by atoms with van der Waals surface area (Å²) in [6, 6.07) is 0. The fourth-order valence-electron chi connectivity index (χ4n) is 8.39. The number of hydrogen-bond acceptors (Lipinski definition) is 6. The smallest absolute Gasteiger partial charge is 0.306 e. The van der Waals surface area contributed by atoms with Gasteiger partial charge in [-0.05, 0) is 25.2 Å². The molecule has 0 aromatic rings. The molecule has 0 aromatic heterocycles. The van der Waals surface area contributed by atoms with Gasteiger partial charge in [0.2, 0.25) is 0 Å². The van der Waals surface area contributed by atoms with Crippen molar-refractivity contribution in [2.75, 3.05) is 13.2 Å². The number of esters is 3. The number of rotatable bonds is 50. The van der Waals surface area contributed by atoms with Gasteiger partial charge >= 0.3 is 17.9 Å². The van der Waals surface area contributed by atoms with Crippen molar-refractivity contribution in [3.05, 3.63) is 0 Å². The molecular weight excluding hydrogens is 757 g/mol. The standard InChI is InChI=1S/C55H106O6/c1-5-7-9-11-13-15-17-18-24-27-31-35-39-43-47-54(57)60-50-52(49-59-53(56)46-42-38-34-30-16-14-12-10-8-6-2)61-55(58)48-44-40-36-32-28-25-22-20-19-21-23-26-29-33-37-41-45-51(3)4/h51-52H,5-50H2,1-4H3/t52-/m1/s1. The van der Waals surface area contributed by atoms with Gasteiger partial charge in [-0.15, -0.1) is 0 Å². The molecule has 61 heavy (non-hydrogen) atoms. The third-order valence-corrected chi connectivity index (χ3v) is 12.5. The summed E-state index contributed by atoms with van der Waals surface area (Å²) in [7, 11) is 0. The third kappa shape index (κ3) is 49.3. The number of ether oxygens (including phenoxy) is 3. The van der Waals surface area contributed by atoms with E-state index in [9.17, 15) is 14.4 Å². The van der Waals surface area contributed by atoms with Crippen molar-refractivity contribution in [1.29, 1.82) is 0 Å². The maximum atomic E-state index is 12.8. The van der Waals surface area contributed by atoms with Crippen LogP contribution in [0.25, 0.3) is 0 Å². The topological polar surface area (TPSA) is 78.9 Å². The Kier molecular flexibility index (Phi) is 48.1. The lowest BCUT2D eigenvalue weighted by Gasteiger charge is -2.18. The summed E-state index contributed by atoms with van der Waals surface area (Å²) in [5.74, 6) is 0.0109. The quantitative estimate of drug-likeness (QED) is 0.0344. The van der Waals surface area contributed by atoms with Crippen LogP contribution in [0.2, 0.25) is 0 Å². The minimum atomic E-state index is -0.760.